The zero-order valence-corrected chi connectivity index (χ0v) is 10.2. The van der Waals surface area contributed by atoms with E-state index in [0.29, 0.717) is 6.08 Å². The molecule has 5 heteroatoms. The van der Waals surface area contributed by atoms with Crippen molar-refractivity contribution in [1.29, 1.82) is 0 Å². The molecule has 57 valence electrons. The third-order valence-electron chi connectivity index (χ3n) is 0.642. The van der Waals surface area contributed by atoms with E-state index in [1.165, 1.54) is 0 Å². The third kappa shape index (κ3) is 9.60. The zero-order valence-electron chi connectivity index (χ0n) is 6.20. The maximum Gasteiger partial charge on any atom is 1.00 e. The first-order valence-corrected chi connectivity index (χ1v) is 2.72. The van der Waals surface area contributed by atoms with Crippen LogP contribution in [0.2, 0.25) is 0 Å². The summed E-state index contributed by atoms with van der Waals surface area (Å²) in [7, 11) is 0. The van der Waals surface area contributed by atoms with Crippen molar-refractivity contribution in [2.75, 3.05) is 6.61 Å². The number of carboxylic acids is 1. The first-order chi connectivity index (χ1) is 4.66. The number of hydrogen-bond acceptors (Lipinski definition) is 4. The van der Waals surface area contributed by atoms with Gasteiger partial charge in [0, 0.05) is 6.08 Å². The summed E-state index contributed by atoms with van der Waals surface area (Å²) in [5.74, 6) is -2.08. The van der Waals surface area contributed by atoms with Crippen molar-refractivity contribution in [3.8, 4) is 0 Å². The fourth-order valence-corrected chi connectivity index (χ4v) is 0.326. The topological polar surface area (TPSA) is 66.4 Å². The van der Waals surface area contributed by atoms with Crippen LogP contribution in [-0.2, 0) is 41.6 Å². The Morgan fingerprint density at radius 1 is 1.45 bits per heavy atom. The maximum absolute atomic E-state index is 10.3. The number of hydrogen-bond donors (Lipinski definition) is 0. The molecule has 0 heterocycles. The molecule has 0 unspecified atom stereocenters. The van der Waals surface area contributed by atoms with Crippen LogP contribution in [0.4, 0.5) is 0 Å². The van der Waals surface area contributed by atoms with E-state index in [2.05, 4.69) is 4.74 Å². The number of carbonyl (C=O) groups excluding carboxylic acids is 2. The van der Waals surface area contributed by atoms with Crippen LogP contribution in [0.1, 0.15) is 6.92 Å². The molecule has 0 spiro atoms. The van der Waals surface area contributed by atoms with Gasteiger partial charge in [-0.25, -0.2) is 4.79 Å². The first kappa shape index (κ1) is 13.2. The normalized spacial score (nSPS) is 8.82. The van der Waals surface area contributed by atoms with Crippen LogP contribution in [0.5, 0.6) is 0 Å². The van der Waals surface area contributed by atoms with Crippen LogP contribution in [0.25, 0.3) is 0 Å². The number of carboxylic acid groups (broad SMARTS) is 1. The Bertz CT molecular complexity index is 164. The minimum Gasteiger partial charge on any atom is -0.545 e. The quantitative estimate of drug-likeness (QED) is 0.363. The molecule has 0 aromatic heterocycles. The molecule has 0 saturated carbocycles. The van der Waals surface area contributed by atoms with E-state index in [0.717, 1.165) is 6.08 Å². The molecule has 0 aliphatic heterocycles. The molecule has 0 saturated heterocycles. The SMILES string of the molecule is CCOC(=O)/C=C\C(=O)[O-].[Cd+]. The second-order valence-corrected chi connectivity index (χ2v) is 1.40. The summed E-state index contributed by atoms with van der Waals surface area (Å²) in [5.41, 5.74) is 0. The fraction of sp³-hybridized carbons (Fsp3) is 0.333. The third-order valence-corrected chi connectivity index (χ3v) is 0.642. The van der Waals surface area contributed by atoms with Gasteiger partial charge >= 0.3 is 33.3 Å². The van der Waals surface area contributed by atoms with E-state index < -0.39 is 11.9 Å². The molecule has 0 rings (SSSR count). The number of rotatable bonds is 3. The van der Waals surface area contributed by atoms with E-state index >= 15 is 0 Å². The monoisotopic (exact) mass is 257 g/mol. The Morgan fingerprint density at radius 2 is 2.00 bits per heavy atom. The van der Waals surface area contributed by atoms with Gasteiger partial charge in [0.2, 0.25) is 0 Å². The van der Waals surface area contributed by atoms with Crippen molar-refractivity contribution >= 4 is 11.9 Å². The van der Waals surface area contributed by atoms with Gasteiger partial charge in [-0.1, -0.05) is 0 Å². The second-order valence-electron chi connectivity index (χ2n) is 1.40. The maximum atomic E-state index is 10.3. The molecule has 0 N–H and O–H groups in total. The van der Waals surface area contributed by atoms with E-state index in [1.54, 1.807) is 6.92 Å². The standard InChI is InChI=1S/C6H8O4.Cd/c1-2-10-6(9)4-3-5(7)8;/h3-4H,2H2,1H3,(H,7,8);/q;+1/p-1/b4-3-;. The zero-order chi connectivity index (χ0) is 7.98. The Morgan fingerprint density at radius 3 is 2.36 bits per heavy atom. The van der Waals surface area contributed by atoms with E-state index in [1.807, 2.05) is 0 Å². The molecule has 0 aromatic carbocycles. The van der Waals surface area contributed by atoms with Gasteiger partial charge in [0.25, 0.3) is 0 Å². The number of carbonyl (C=O) groups is 2. The molecule has 1 radical (unpaired) electrons. The summed E-state index contributed by atoms with van der Waals surface area (Å²) in [6.45, 7) is 1.86. The van der Waals surface area contributed by atoms with E-state index in [4.69, 9.17) is 0 Å². The van der Waals surface area contributed by atoms with Crippen LogP contribution in [0, 0.1) is 0 Å². The molecular weight excluding hydrogens is 248 g/mol. The number of aliphatic carboxylic acids is 1. The van der Waals surface area contributed by atoms with Gasteiger partial charge < -0.3 is 14.6 Å². The number of esters is 1. The summed E-state index contributed by atoms with van der Waals surface area (Å²) in [6, 6.07) is 0. The molecule has 0 atom stereocenters. The van der Waals surface area contributed by atoms with Crippen molar-refractivity contribution in [3.63, 3.8) is 0 Å². The number of ether oxygens (including phenoxy) is 1. The van der Waals surface area contributed by atoms with Crippen molar-refractivity contribution in [1.82, 2.24) is 0 Å². The summed E-state index contributed by atoms with van der Waals surface area (Å²) >= 11 is 0. The molecular formula is C6H7CdO4. The minimum absolute atomic E-state index is 0. The molecule has 0 aromatic rings. The Labute approximate surface area is 84.4 Å². The molecule has 0 aliphatic carbocycles. The molecule has 11 heavy (non-hydrogen) atoms. The van der Waals surface area contributed by atoms with Crippen molar-refractivity contribution < 1.29 is 46.7 Å². The first-order valence-electron chi connectivity index (χ1n) is 2.72. The van der Waals surface area contributed by atoms with Crippen LogP contribution in [0.3, 0.4) is 0 Å². The summed E-state index contributed by atoms with van der Waals surface area (Å²) in [6.07, 6.45) is 1.43. The van der Waals surface area contributed by atoms with Gasteiger partial charge in [-0.05, 0) is 13.0 Å². The van der Waals surface area contributed by atoms with Crippen molar-refractivity contribution in [3.05, 3.63) is 12.2 Å². The van der Waals surface area contributed by atoms with Gasteiger partial charge in [0.1, 0.15) is 0 Å². The van der Waals surface area contributed by atoms with Crippen LogP contribution in [0.15, 0.2) is 12.2 Å². The summed E-state index contributed by atoms with van der Waals surface area (Å²) in [4.78, 5) is 20.0. The fourth-order valence-electron chi connectivity index (χ4n) is 0.326. The molecule has 0 bridgehead atoms. The van der Waals surface area contributed by atoms with Crippen LogP contribution < -0.4 is 5.11 Å². The average Bonchev–Trinajstić information content (AvgIpc) is 1.85. The molecule has 0 amide bonds. The Kier molecular flexibility index (Phi) is 9.25. The largest absolute Gasteiger partial charge is 1.00 e. The van der Waals surface area contributed by atoms with E-state index in [9.17, 15) is 14.7 Å². The predicted molar refractivity (Wildman–Crippen MR) is 30.8 cm³/mol. The smallest absolute Gasteiger partial charge is 0.545 e. The average molecular weight is 256 g/mol. The van der Waals surface area contributed by atoms with Crippen molar-refractivity contribution in [2.24, 2.45) is 0 Å². The predicted octanol–water partition coefficient (Wildman–Crippen LogP) is -1.15. The van der Waals surface area contributed by atoms with Gasteiger partial charge in [-0.2, -0.15) is 0 Å². The van der Waals surface area contributed by atoms with Crippen LogP contribution in [-0.4, -0.2) is 18.5 Å². The molecule has 0 aliphatic rings. The molecule has 0 fully saturated rings. The van der Waals surface area contributed by atoms with Crippen molar-refractivity contribution in [2.45, 2.75) is 6.92 Å². The van der Waals surface area contributed by atoms with Gasteiger partial charge in [0.15, 0.2) is 0 Å². The molecule has 4 nitrogen and oxygen atoms in total. The minimum atomic E-state index is -1.41. The van der Waals surface area contributed by atoms with E-state index in [-0.39, 0.29) is 33.9 Å². The Balaban J connectivity index is 0. The van der Waals surface area contributed by atoms with Gasteiger partial charge in [-0.3, -0.25) is 0 Å². The van der Waals surface area contributed by atoms with Crippen LogP contribution >= 0.6 is 0 Å². The summed E-state index contributed by atoms with van der Waals surface area (Å²) in [5, 5.41) is 9.70. The second kappa shape index (κ2) is 7.71. The van der Waals surface area contributed by atoms with Gasteiger partial charge in [-0.15, -0.1) is 0 Å². The Hall–Kier alpha value is -0.398. The summed E-state index contributed by atoms with van der Waals surface area (Å²) < 4.78 is 4.38. The van der Waals surface area contributed by atoms with Gasteiger partial charge in [0.05, 0.1) is 12.6 Å².